The number of esters is 1. The summed E-state index contributed by atoms with van der Waals surface area (Å²) in [7, 11) is 0. The van der Waals surface area contributed by atoms with Crippen molar-refractivity contribution in [1.82, 2.24) is 0 Å². The first-order chi connectivity index (χ1) is 9.90. The predicted octanol–water partition coefficient (Wildman–Crippen LogP) is 4.12. The van der Waals surface area contributed by atoms with Crippen LogP contribution in [-0.2, 0) is 4.74 Å². The van der Waals surface area contributed by atoms with Crippen LogP contribution in [0.5, 0.6) is 0 Å². The van der Waals surface area contributed by atoms with Crippen molar-refractivity contribution in [3.8, 4) is 11.1 Å². The van der Waals surface area contributed by atoms with E-state index in [0.29, 0.717) is 11.1 Å². The minimum atomic E-state index is -0.536. The molecule has 0 saturated carbocycles. The number of carbonyl (C=O) groups is 2. The Morgan fingerprint density at radius 3 is 2.19 bits per heavy atom. The molecule has 0 heterocycles. The van der Waals surface area contributed by atoms with Crippen molar-refractivity contribution in [2.75, 3.05) is 0 Å². The maximum absolute atomic E-state index is 12.3. The Morgan fingerprint density at radius 1 is 1.00 bits per heavy atom. The van der Waals surface area contributed by atoms with E-state index in [-0.39, 0.29) is 5.97 Å². The molecule has 0 radical (unpaired) electrons. The van der Waals surface area contributed by atoms with Crippen LogP contribution < -0.4 is 0 Å². The number of benzene rings is 2. The summed E-state index contributed by atoms with van der Waals surface area (Å²) in [6.07, 6.45) is 0.795. The second-order valence-corrected chi connectivity index (χ2v) is 5.79. The second kappa shape index (κ2) is 5.92. The highest BCUT2D eigenvalue weighted by molar-refractivity contribution is 5.97. The normalized spacial score (nSPS) is 11.0. The van der Waals surface area contributed by atoms with Crippen molar-refractivity contribution in [3.05, 3.63) is 59.7 Å². The Bertz CT molecular complexity index is 649. The molecule has 0 saturated heterocycles. The molecule has 3 heteroatoms. The first-order valence-electron chi connectivity index (χ1n) is 6.79. The lowest BCUT2D eigenvalue weighted by atomic mass is 9.98. The minimum absolute atomic E-state index is 0.349. The summed E-state index contributed by atoms with van der Waals surface area (Å²) in [6.45, 7) is 5.52. The van der Waals surface area contributed by atoms with Gasteiger partial charge in [0.05, 0.1) is 5.56 Å². The third-order valence-corrected chi connectivity index (χ3v) is 2.90. The standard InChI is InChI=1S/C18H18O3/c1-18(2,3)21-17(20)16-7-5-4-6-15(16)14-10-8-13(12-19)9-11-14/h4-12H,1-3H3. The van der Waals surface area contributed by atoms with Crippen LogP contribution in [0.3, 0.4) is 0 Å². The van der Waals surface area contributed by atoms with Gasteiger partial charge in [-0.15, -0.1) is 0 Å². The van der Waals surface area contributed by atoms with Gasteiger partial charge in [-0.1, -0.05) is 42.5 Å². The minimum Gasteiger partial charge on any atom is -0.456 e. The van der Waals surface area contributed by atoms with Gasteiger partial charge >= 0.3 is 5.97 Å². The molecule has 21 heavy (non-hydrogen) atoms. The zero-order chi connectivity index (χ0) is 15.5. The van der Waals surface area contributed by atoms with Crippen LogP contribution in [0, 0.1) is 0 Å². The Balaban J connectivity index is 2.40. The fraction of sp³-hybridized carbons (Fsp3) is 0.222. The van der Waals surface area contributed by atoms with Gasteiger partial charge in [-0.05, 0) is 38.0 Å². The van der Waals surface area contributed by atoms with Crippen LogP contribution in [0.15, 0.2) is 48.5 Å². The molecule has 3 nitrogen and oxygen atoms in total. The molecule has 0 bridgehead atoms. The second-order valence-electron chi connectivity index (χ2n) is 5.79. The van der Waals surface area contributed by atoms with Gasteiger partial charge in [0.15, 0.2) is 0 Å². The van der Waals surface area contributed by atoms with Crippen molar-refractivity contribution in [1.29, 1.82) is 0 Å². The highest BCUT2D eigenvalue weighted by Gasteiger charge is 2.20. The average molecular weight is 282 g/mol. The molecule has 0 aromatic heterocycles. The summed E-state index contributed by atoms with van der Waals surface area (Å²) in [5, 5.41) is 0. The monoisotopic (exact) mass is 282 g/mol. The van der Waals surface area contributed by atoms with Gasteiger partial charge in [-0.3, -0.25) is 4.79 Å². The molecule has 2 aromatic rings. The van der Waals surface area contributed by atoms with Crippen LogP contribution in [0.4, 0.5) is 0 Å². The average Bonchev–Trinajstić information content (AvgIpc) is 2.45. The van der Waals surface area contributed by atoms with E-state index in [1.807, 2.05) is 51.1 Å². The molecule has 0 unspecified atom stereocenters. The number of ether oxygens (including phenoxy) is 1. The lowest BCUT2D eigenvalue weighted by molar-refractivity contribution is 0.00704. The lowest BCUT2D eigenvalue weighted by Gasteiger charge is -2.20. The fourth-order valence-corrected chi connectivity index (χ4v) is 1.99. The zero-order valence-corrected chi connectivity index (χ0v) is 12.4. The van der Waals surface area contributed by atoms with Crippen molar-refractivity contribution < 1.29 is 14.3 Å². The largest absolute Gasteiger partial charge is 0.456 e. The van der Waals surface area contributed by atoms with Crippen LogP contribution >= 0.6 is 0 Å². The first-order valence-corrected chi connectivity index (χ1v) is 6.79. The topological polar surface area (TPSA) is 43.4 Å². The van der Waals surface area contributed by atoms with E-state index in [9.17, 15) is 9.59 Å². The molecular weight excluding hydrogens is 264 g/mol. The first kappa shape index (κ1) is 15.0. The van der Waals surface area contributed by atoms with E-state index < -0.39 is 5.60 Å². The van der Waals surface area contributed by atoms with Gasteiger partial charge < -0.3 is 4.74 Å². The lowest BCUT2D eigenvalue weighted by Crippen LogP contribution is -2.24. The fourth-order valence-electron chi connectivity index (χ4n) is 1.99. The molecule has 0 fully saturated rings. The Morgan fingerprint density at radius 2 is 1.62 bits per heavy atom. The predicted molar refractivity (Wildman–Crippen MR) is 82.4 cm³/mol. The molecular formula is C18H18O3. The van der Waals surface area contributed by atoms with Gasteiger partial charge in [0, 0.05) is 5.56 Å². The Kier molecular flexibility index (Phi) is 4.22. The molecule has 2 aromatic carbocycles. The molecule has 0 N–H and O–H groups in total. The molecule has 0 aliphatic carbocycles. The third kappa shape index (κ3) is 3.78. The van der Waals surface area contributed by atoms with Crippen molar-refractivity contribution in [2.24, 2.45) is 0 Å². The maximum atomic E-state index is 12.3. The van der Waals surface area contributed by atoms with Crippen molar-refractivity contribution in [3.63, 3.8) is 0 Å². The maximum Gasteiger partial charge on any atom is 0.339 e. The highest BCUT2D eigenvalue weighted by Crippen LogP contribution is 2.25. The molecule has 108 valence electrons. The van der Waals surface area contributed by atoms with E-state index in [0.717, 1.165) is 17.4 Å². The van der Waals surface area contributed by atoms with Crippen LogP contribution in [0.2, 0.25) is 0 Å². The Hall–Kier alpha value is -2.42. The van der Waals surface area contributed by atoms with Gasteiger partial charge in [-0.25, -0.2) is 4.79 Å². The SMILES string of the molecule is CC(C)(C)OC(=O)c1ccccc1-c1ccc(C=O)cc1. The van der Waals surface area contributed by atoms with Crippen LogP contribution in [0.1, 0.15) is 41.5 Å². The Labute approximate surface area is 124 Å². The van der Waals surface area contributed by atoms with Gasteiger partial charge in [-0.2, -0.15) is 0 Å². The number of carbonyl (C=O) groups excluding carboxylic acids is 2. The number of rotatable bonds is 3. The number of hydrogen-bond donors (Lipinski definition) is 0. The van der Waals surface area contributed by atoms with Crippen LogP contribution in [-0.4, -0.2) is 17.9 Å². The molecule has 0 aliphatic heterocycles. The third-order valence-electron chi connectivity index (χ3n) is 2.90. The quantitative estimate of drug-likeness (QED) is 0.628. The van der Waals surface area contributed by atoms with E-state index in [1.165, 1.54) is 0 Å². The van der Waals surface area contributed by atoms with Gasteiger partial charge in [0.1, 0.15) is 11.9 Å². The molecule has 0 atom stereocenters. The van der Waals surface area contributed by atoms with Crippen molar-refractivity contribution in [2.45, 2.75) is 26.4 Å². The summed E-state index contributed by atoms with van der Waals surface area (Å²) in [5.41, 5.74) is 2.26. The smallest absolute Gasteiger partial charge is 0.339 e. The van der Waals surface area contributed by atoms with E-state index in [1.54, 1.807) is 18.2 Å². The van der Waals surface area contributed by atoms with E-state index in [2.05, 4.69) is 0 Å². The number of hydrogen-bond acceptors (Lipinski definition) is 3. The van der Waals surface area contributed by atoms with E-state index >= 15 is 0 Å². The molecule has 0 spiro atoms. The molecule has 0 amide bonds. The van der Waals surface area contributed by atoms with Crippen LogP contribution in [0.25, 0.3) is 11.1 Å². The summed E-state index contributed by atoms with van der Waals surface area (Å²) >= 11 is 0. The summed E-state index contributed by atoms with van der Waals surface area (Å²) in [4.78, 5) is 23.0. The summed E-state index contributed by atoms with van der Waals surface area (Å²) in [6, 6.07) is 14.4. The van der Waals surface area contributed by atoms with Gasteiger partial charge in [0.2, 0.25) is 0 Å². The molecule has 0 aliphatic rings. The zero-order valence-electron chi connectivity index (χ0n) is 12.4. The van der Waals surface area contributed by atoms with Crippen molar-refractivity contribution >= 4 is 12.3 Å². The summed E-state index contributed by atoms with van der Waals surface area (Å²) in [5.74, 6) is -0.349. The summed E-state index contributed by atoms with van der Waals surface area (Å²) < 4.78 is 5.44. The highest BCUT2D eigenvalue weighted by atomic mass is 16.6. The molecule has 2 rings (SSSR count). The van der Waals surface area contributed by atoms with E-state index in [4.69, 9.17) is 4.74 Å². The van der Waals surface area contributed by atoms with Gasteiger partial charge in [0.25, 0.3) is 0 Å². The number of aldehydes is 1.